The number of rotatable bonds is 10. The molecule has 3 heterocycles. The highest BCUT2D eigenvalue weighted by molar-refractivity contribution is 5.81. The van der Waals surface area contributed by atoms with E-state index in [1.165, 1.54) is 7.11 Å². The molecule has 3 aliphatic heterocycles. The van der Waals surface area contributed by atoms with E-state index >= 15 is 0 Å². The highest BCUT2D eigenvalue weighted by atomic mass is 16.7. The number of carbonyl (C=O) groups is 2. The second-order valence-corrected chi connectivity index (χ2v) is 22.9. The summed E-state index contributed by atoms with van der Waals surface area (Å²) in [6, 6.07) is 0. The van der Waals surface area contributed by atoms with Gasteiger partial charge in [-0.3, -0.25) is 9.59 Å². The topological polar surface area (TPSA) is 342 Å². The first-order valence-corrected chi connectivity index (χ1v) is 24.5. The molecule has 7 fully saturated rings. The van der Waals surface area contributed by atoms with E-state index in [1.807, 2.05) is 13.8 Å². The molecule has 0 aromatic carbocycles. The van der Waals surface area contributed by atoms with Crippen LogP contribution >= 0.6 is 0 Å². The van der Waals surface area contributed by atoms with Crippen molar-refractivity contribution in [2.24, 2.45) is 50.2 Å². The molecule has 0 unspecified atom stereocenters. The molecule has 21 heteroatoms. The van der Waals surface area contributed by atoms with Crippen LogP contribution in [0, 0.1) is 50.2 Å². The van der Waals surface area contributed by atoms with Gasteiger partial charge in [-0.2, -0.15) is 0 Å². The molecule has 3 saturated heterocycles. The lowest BCUT2D eigenvalue weighted by molar-refractivity contribution is -0.357. The molecule has 8 aliphatic rings. The summed E-state index contributed by atoms with van der Waals surface area (Å²) in [6.07, 6.45) is -18.7. The summed E-state index contributed by atoms with van der Waals surface area (Å²) in [4.78, 5) is 28.3. The number of carbonyl (C=O) groups excluding carboxylic acids is 2. The second-order valence-electron chi connectivity index (χ2n) is 22.9. The number of ether oxygens (including phenoxy) is 7. The fraction of sp³-hybridized carbons (Fsp3) is 0.917. The van der Waals surface area contributed by atoms with Crippen molar-refractivity contribution < 1.29 is 104 Å². The number of esters is 2. The molecule has 5 aliphatic carbocycles. The van der Waals surface area contributed by atoms with Crippen molar-refractivity contribution >= 4 is 11.9 Å². The van der Waals surface area contributed by atoms with Crippen LogP contribution in [-0.2, 0) is 42.7 Å². The molecule has 8 rings (SSSR count). The zero-order chi connectivity index (χ0) is 50.6. The van der Waals surface area contributed by atoms with Gasteiger partial charge >= 0.3 is 11.9 Å². The van der Waals surface area contributed by atoms with Crippen LogP contribution in [-0.4, -0.2) is 205 Å². The summed E-state index contributed by atoms with van der Waals surface area (Å²) in [7, 11) is 1.34. The SMILES string of the molecule is COC(=O)[C@@]1(C)CC[C@]2(C(=O)O[C@@H]3O[C@H](CO)[C@H](O)[C@H](O)[C@H]3O)CC[C@]3(C)C(=CC[C@@H]4[C@@]5(C)C[C@H](O)[C@H](O[C@@H]6OC[C@@H](O[C@@H]7O[C@H](CO)[C@H](O)[C@H](O)[C@H]7O)[C@H](O)[C@H]6O)[C@@](C)(CO)[C@@H]5CC[C@]43C)[C@@H]2C1. The van der Waals surface area contributed by atoms with Gasteiger partial charge < -0.3 is 94.4 Å². The van der Waals surface area contributed by atoms with Crippen LogP contribution in [0.2, 0.25) is 0 Å². The van der Waals surface area contributed by atoms with Crippen molar-refractivity contribution in [1.29, 1.82) is 0 Å². The Morgan fingerprint density at radius 1 is 0.667 bits per heavy atom. The molecule has 0 radical (unpaired) electrons. The Morgan fingerprint density at radius 2 is 1.26 bits per heavy atom. The predicted octanol–water partition coefficient (Wildman–Crippen LogP) is -2.12. The lowest BCUT2D eigenvalue weighted by Crippen LogP contribution is -2.69. The molecule has 0 bridgehead atoms. The molecule has 4 saturated carbocycles. The smallest absolute Gasteiger partial charge is 0.315 e. The van der Waals surface area contributed by atoms with E-state index in [0.717, 1.165) is 5.57 Å². The third-order valence-electron chi connectivity index (χ3n) is 19.5. The van der Waals surface area contributed by atoms with E-state index < -0.39 is 175 Å². The standard InChI is InChI=1S/C48H76O21/c1-43(41(61)63-6)11-13-48(42(62)69-40-36(60)33(57)30(54)25(18-50)66-40)14-12-46(4)21(22(48)15-43)7-8-28-44(2)16-23(52)37(45(3,20-51)27(44)9-10-47(28,46)5)68-38-34(58)31(55)26(19-64-38)67-39-35(59)32(56)29(53)24(17-49)65-39/h7,22-40,49-60H,8-20H2,1-6H3/t22-,23-,24+,25+,26+,27+,28+,29-,30-,31-,32-,33-,34+,35+,36+,37-,38-,39-,40-,43-,44-,45-,46+,47+,48-/m0/s1. The van der Waals surface area contributed by atoms with E-state index in [0.29, 0.717) is 38.5 Å². The summed E-state index contributed by atoms with van der Waals surface area (Å²) in [5, 5.41) is 128. The Morgan fingerprint density at radius 3 is 1.87 bits per heavy atom. The zero-order valence-corrected chi connectivity index (χ0v) is 40.3. The molecule has 0 amide bonds. The van der Waals surface area contributed by atoms with Gasteiger partial charge in [-0.25, -0.2) is 0 Å². The Labute approximate surface area is 401 Å². The molecule has 21 nitrogen and oxygen atoms in total. The van der Waals surface area contributed by atoms with E-state index in [1.54, 1.807) is 0 Å². The summed E-state index contributed by atoms with van der Waals surface area (Å²) >= 11 is 0. The second kappa shape index (κ2) is 19.0. The van der Waals surface area contributed by atoms with Crippen LogP contribution in [0.4, 0.5) is 0 Å². The van der Waals surface area contributed by atoms with Gasteiger partial charge in [-0.05, 0) is 98.7 Å². The Bertz CT molecular complexity index is 1920. The maximum absolute atomic E-state index is 14.8. The van der Waals surface area contributed by atoms with Crippen LogP contribution in [0.15, 0.2) is 11.6 Å². The lowest BCUT2D eigenvalue weighted by atomic mass is 9.33. The number of aliphatic hydroxyl groups is 12. The first-order chi connectivity index (χ1) is 32.4. The lowest BCUT2D eigenvalue weighted by Gasteiger charge is -2.71. The average Bonchev–Trinajstić information content (AvgIpc) is 3.32. The molecule has 0 aromatic heterocycles. The molecule has 394 valence electrons. The van der Waals surface area contributed by atoms with Gasteiger partial charge in [-0.15, -0.1) is 0 Å². The van der Waals surface area contributed by atoms with Crippen molar-refractivity contribution in [2.45, 2.75) is 191 Å². The van der Waals surface area contributed by atoms with Crippen molar-refractivity contribution in [1.82, 2.24) is 0 Å². The minimum atomic E-state index is -1.80. The molecular formula is C48H76O21. The van der Waals surface area contributed by atoms with Gasteiger partial charge in [0.15, 0.2) is 12.6 Å². The molecule has 69 heavy (non-hydrogen) atoms. The number of hydrogen-bond donors (Lipinski definition) is 12. The average molecular weight is 989 g/mol. The largest absolute Gasteiger partial charge is 0.469 e. The van der Waals surface area contributed by atoms with Crippen LogP contribution in [0.25, 0.3) is 0 Å². The molecule has 12 N–H and O–H groups in total. The van der Waals surface area contributed by atoms with Crippen molar-refractivity contribution in [2.75, 3.05) is 33.5 Å². The number of allylic oxidation sites excluding steroid dienone is 2. The summed E-state index contributed by atoms with van der Waals surface area (Å²) < 4.78 is 40.3. The van der Waals surface area contributed by atoms with E-state index in [-0.39, 0.29) is 31.1 Å². The number of hydrogen-bond acceptors (Lipinski definition) is 21. The number of aliphatic hydroxyl groups excluding tert-OH is 12. The number of fused-ring (bicyclic) bond motifs is 7. The minimum absolute atomic E-state index is 0.0678. The van der Waals surface area contributed by atoms with Crippen LogP contribution in [0.3, 0.4) is 0 Å². The van der Waals surface area contributed by atoms with Gasteiger partial charge in [-0.1, -0.05) is 39.3 Å². The van der Waals surface area contributed by atoms with E-state index in [2.05, 4.69) is 26.8 Å². The molecular weight excluding hydrogens is 913 g/mol. The maximum atomic E-state index is 14.8. The highest BCUT2D eigenvalue weighted by Crippen LogP contribution is 2.76. The Hall–Kier alpha value is -2.00. The van der Waals surface area contributed by atoms with Crippen LogP contribution in [0.5, 0.6) is 0 Å². The van der Waals surface area contributed by atoms with Gasteiger partial charge in [0, 0.05) is 5.41 Å². The quantitative estimate of drug-likeness (QED) is 0.0632. The minimum Gasteiger partial charge on any atom is -0.469 e. The van der Waals surface area contributed by atoms with Crippen LogP contribution in [0.1, 0.15) is 92.4 Å². The summed E-state index contributed by atoms with van der Waals surface area (Å²) in [6.45, 7) is 8.10. The monoisotopic (exact) mass is 988 g/mol. The fourth-order valence-corrected chi connectivity index (χ4v) is 15.1. The first-order valence-electron chi connectivity index (χ1n) is 24.5. The fourth-order valence-electron chi connectivity index (χ4n) is 15.1. The van der Waals surface area contributed by atoms with Crippen LogP contribution < -0.4 is 0 Å². The molecule has 0 aromatic rings. The van der Waals surface area contributed by atoms with Gasteiger partial charge in [0.05, 0.1) is 56.6 Å². The van der Waals surface area contributed by atoms with Crippen molar-refractivity contribution in [3.63, 3.8) is 0 Å². The Kier molecular flexibility index (Phi) is 14.7. The maximum Gasteiger partial charge on any atom is 0.315 e. The third-order valence-corrected chi connectivity index (χ3v) is 19.5. The Balaban J connectivity index is 1.04. The third kappa shape index (κ3) is 8.16. The first kappa shape index (κ1) is 53.3. The van der Waals surface area contributed by atoms with E-state index in [9.17, 15) is 70.9 Å². The predicted molar refractivity (Wildman–Crippen MR) is 233 cm³/mol. The van der Waals surface area contributed by atoms with E-state index in [4.69, 9.17) is 33.2 Å². The summed E-state index contributed by atoms with van der Waals surface area (Å²) in [5.41, 5.74) is -3.81. The normalized spacial score (nSPS) is 54.2. The van der Waals surface area contributed by atoms with Crippen molar-refractivity contribution in [3.8, 4) is 0 Å². The summed E-state index contributed by atoms with van der Waals surface area (Å²) in [5.74, 6) is -1.90. The number of methoxy groups -OCH3 is 1. The van der Waals surface area contributed by atoms with Crippen molar-refractivity contribution in [3.05, 3.63) is 11.6 Å². The van der Waals surface area contributed by atoms with Gasteiger partial charge in [0.2, 0.25) is 6.29 Å². The highest BCUT2D eigenvalue weighted by Gasteiger charge is 2.72. The zero-order valence-electron chi connectivity index (χ0n) is 40.3. The van der Waals surface area contributed by atoms with Gasteiger partial charge in [0.1, 0.15) is 67.1 Å². The molecule has 0 spiro atoms. The molecule has 25 atom stereocenters. The van der Waals surface area contributed by atoms with Gasteiger partial charge in [0.25, 0.3) is 0 Å².